The number of carbonyl (C=O) groups excluding carboxylic acids is 4. The Bertz CT molecular complexity index is 1650. The van der Waals surface area contributed by atoms with Gasteiger partial charge in [0.15, 0.2) is 18.0 Å². The average Bonchev–Trinajstić information content (AvgIpc) is 3.31. The van der Waals surface area contributed by atoms with Crippen molar-refractivity contribution in [3.05, 3.63) is 54.1 Å². The molecule has 2 aliphatic heterocycles. The first-order chi connectivity index (χ1) is 26.5. The fourth-order valence-corrected chi connectivity index (χ4v) is 6.81. The van der Waals surface area contributed by atoms with Gasteiger partial charge in [0.05, 0.1) is 0 Å². The molecule has 0 aliphatic carbocycles. The summed E-state index contributed by atoms with van der Waals surface area (Å²) in [5, 5.41) is 13.2. The van der Waals surface area contributed by atoms with Crippen molar-refractivity contribution in [1.29, 1.82) is 0 Å². The van der Waals surface area contributed by atoms with Gasteiger partial charge in [0.2, 0.25) is 17.5 Å². The third-order valence-corrected chi connectivity index (χ3v) is 9.69. The van der Waals surface area contributed by atoms with Crippen LogP contribution in [0.1, 0.15) is 128 Å². The van der Waals surface area contributed by atoms with E-state index in [2.05, 4.69) is 13.8 Å². The molecular weight excluding hydrogens is 748 g/mol. The lowest BCUT2D eigenvalue weighted by molar-refractivity contribution is -0.387. The summed E-state index contributed by atoms with van der Waals surface area (Å²) in [5.74, 6) is -8.38. The molecule has 2 fully saturated rings. The van der Waals surface area contributed by atoms with Crippen LogP contribution in [0.2, 0.25) is 0 Å². The zero-order valence-electron chi connectivity index (χ0n) is 37.3. The Morgan fingerprint density at radius 3 is 1.95 bits per heavy atom. The van der Waals surface area contributed by atoms with Gasteiger partial charge in [-0.1, -0.05) is 75.8 Å². The van der Waals surface area contributed by atoms with E-state index in [0.717, 1.165) is 18.4 Å². The molecule has 13 heteroatoms. The zero-order valence-corrected chi connectivity index (χ0v) is 37.3. The van der Waals surface area contributed by atoms with Crippen LogP contribution in [0, 0.1) is 11.8 Å². The molecule has 2 heterocycles. The van der Waals surface area contributed by atoms with E-state index in [9.17, 15) is 19.5 Å². The van der Waals surface area contributed by atoms with Crippen LogP contribution in [0.5, 0.6) is 0 Å². The highest BCUT2D eigenvalue weighted by molar-refractivity contribution is 6.00. The maximum Gasteiger partial charge on any atom is 0.347 e. The first-order valence-corrected chi connectivity index (χ1v) is 20.2. The van der Waals surface area contributed by atoms with Gasteiger partial charge in [-0.15, -0.1) is 0 Å². The van der Waals surface area contributed by atoms with Crippen LogP contribution in [0.3, 0.4) is 0 Å². The van der Waals surface area contributed by atoms with E-state index in [-0.39, 0.29) is 18.8 Å². The second kappa shape index (κ2) is 18.3. The summed E-state index contributed by atoms with van der Waals surface area (Å²) in [5.41, 5.74) is -9.32. The fourth-order valence-electron chi connectivity index (χ4n) is 6.81. The van der Waals surface area contributed by atoms with Gasteiger partial charge in [-0.05, 0) is 106 Å². The SMILES string of the molecule is CCC(C)CC(C)/C=C/C(=O)O[C@@H]1[C@@H](OC(C)(C)OC)[C@]2(CC/C=C/c3ccccc3)O[C@H](C(=O)OC(C)(C)C)[C@@](O)(C(=O)OC(C)(C)C)[C@@]1(C(=O)OC(C)(C)C)O2. The minimum absolute atomic E-state index is 0.0397. The predicted octanol–water partition coefficient (Wildman–Crippen LogP) is 7.41. The van der Waals surface area contributed by atoms with Crippen LogP contribution in [0.15, 0.2) is 48.6 Å². The van der Waals surface area contributed by atoms with Crippen molar-refractivity contribution in [2.45, 2.75) is 181 Å². The van der Waals surface area contributed by atoms with Gasteiger partial charge >= 0.3 is 23.9 Å². The van der Waals surface area contributed by atoms with E-state index in [4.69, 9.17) is 37.9 Å². The molecule has 2 bridgehead atoms. The smallest absolute Gasteiger partial charge is 0.347 e. The molecule has 0 saturated carbocycles. The second-order valence-corrected chi connectivity index (χ2v) is 18.9. The predicted molar refractivity (Wildman–Crippen MR) is 217 cm³/mol. The lowest BCUT2D eigenvalue weighted by atomic mass is 9.74. The van der Waals surface area contributed by atoms with Gasteiger partial charge in [-0.25, -0.2) is 19.2 Å². The Kier molecular flexibility index (Phi) is 15.4. The average molecular weight is 817 g/mol. The minimum atomic E-state index is -3.41. The number of hydrogen-bond donors (Lipinski definition) is 1. The molecule has 1 aromatic rings. The Labute approximate surface area is 345 Å². The first-order valence-electron chi connectivity index (χ1n) is 20.2. The summed E-state index contributed by atoms with van der Waals surface area (Å²) in [6.07, 6.45) is 2.31. The molecule has 2 saturated heterocycles. The molecule has 8 atom stereocenters. The Morgan fingerprint density at radius 1 is 0.845 bits per heavy atom. The third-order valence-electron chi connectivity index (χ3n) is 9.69. The number of hydrogen-bond acceptors (Lipinski definition) is 13. The number of esters is 4. The van der Waals surface area contributed by atoms with Crippen molar-refractivity contribution in [2.75, 3.05) is 7.11 Å². The number of allylic oxidation sites excluding steroid dienone is 2. The van der Waals surface area contributed by atoms with Crippen LogP contribution in [-0.2, 0) is 57.1 Å². The molecule has 0 aromatic heterocycles. The summed E-state index contributed by atoms with van der Waals surface area (Å²) >= 11 is 0. The lowest BCUT2D eigenvalue weighted by Crippen LogP contribution is -2.79. The Balaban J connectivity index is 2.46. The number of ether oxygens (including phenoxy) is 8. The summed E-state index contributed by atoms with van der Waals surface area (Å²) in [7, 11) is 1.38. The molecule has 1 aromatic carbocycles. The van der Waals surface area contributed by atoms with Gasteiger partial charge < -0.3 is 43.0 Å². The van der Waals surface area contributed by atoms with Crippen molar-refractivity contribution in [2.24, 2.45) is 11.8 Å². The maximum absolute atomic E-state index is 15.1. The van der Waals surface area contributed by atoms with Gasteiger partial charge in [-0.2, -0.15) is 0 Å². The van der Waals surface area contributed by atoms with E-state index in [1.165, 1.54) is 34.0 Å². The molecule has 13 nitrogen and oxygen atoms in total. The van der Waals surface area contributed by atoms with Gasteiger partial charge in [0.1, 0.15) is 16.8 Å². The fraction of sp³-hybridized carbons (Fsp3) is 0.689. The topological polar surface area (TPSA) is 162 Å². The van der Waals surface area contributed by atoms with Gasteiger partial charge in [0, 0.05) is 19.6 Å². The van der Waals surface area contributed by atoms with Crippen molar-refractivity contribution in [3.8, 4) is 0 Å². The van der Waals surface area contributed by atoms with Crippen LogP contribution in [-0.4, -0.2) is 94.0 Å². The number of carbonyl (C=O) groups is 4. The monoisotopic (exact) mass is 816 g/mol. The molecule has 2 unspecified atom stereocenters. The molecule has 3 rings (SSSR count). The molecule has 58 heavy (non-hydrogen) atoms. The van der Waals surface area contributed by atoms with Crippen molar-refractivity contribution in [3.63, 3.8) is 0 Å². The number of benzene rings is 1. The number of aliphatic hydroxyl groups is 1. The third kappa shape index (κ3) is 11.8. The lowest BCUT2D eigenvalue weighted by Gasteiger charge is -2.51. The number of methoxy groups -OCH3 is 1. The summed E-state index contributed by atoms with van der Waals surface area (Å²) < 4.78 is 49.2. The zero-order chi connectivity index (χ0) is 44.1. The second-order valence-electron chi connectivity index (χ2n) is 18.9. The van der Waals surface area contributed by atoms with Crippen LogP contribution >= 0.6 is 0 Å². The van der Waals surface area contributed by atoms with E-state index >= 15 is 4.79 Å². The van der Waals surface area contributed by atoms with Crippen molar-refractivity contribution < 1.29 is 62.2 Å². The van der Waals surface area contributed by atoms with E-state index in [0.29, 0.717) is 5.92 Å². The molecule has 0 amide bonds. The summed E-state index contributed by atoms with van der Waals surface area (Å²) in [6, 6.07) is 9.47. The van der Waals surface area contributed by atoms with Crippen molar-refractivity contribution in [1.82, 2.24) is 0 Å². The highest BCUT2D eigenvalue weighted by Gasteiger charge is 2.87. The highest BCUT2D eigenvalue weighted by Crippen LogP contribution is 2.58. The molecule has 0 spiro atoms. The molecule has 326 valence electrons. The van der Waals surface area contributed by atoms with Crippen LogP contribution in [0.4, 0.5) is 0 Å². The van der Waals surface area contributed by atoms with Gasteiger partial charge in [0.25, 0.3) is 5.60 Å². The summed E-state index contributed by atoms with van der Waals surface area (Å²) in [6.45, 7) is 23.4. The van der Waals surface area contributed by atoms with Crippen LogP contribution < -0.4 is 0 Å². The van der Waals surface area contributed by atoms with E-state index in [1.54, 1.807) is 61.5 Å². The van der Waals surface area contributed by atoms with E-state index < -0.39 is 81.8 Å². The molecular formula is C45H68O13. The van der Waals surface area contributed by atoms with Crippen molar-refractivity contribution >= 4 is 30.0 Å². The van der Waals surface area contributed by atoms with Gasteiger partial charge in [-0.3, -0.25) is 0 Å². The summed E-state index contributed by atoms with van der Waals surface area (Å²) in [4.78, 5) is 58.4. The normalized spacial score (nSPS) is 27.6. The highest BCUT2D eigenvalue weighted by atomic mass is 16.8. The number of fused-ring (bicyclic) bond motifs is 2. The Morgan fingerprint density at radius 2 is 1.41 bits per heavy atom. The molecule has 0 radical (unpaired) electrons. The quantitative estimate of drug-likeness (QED) is 0.0761. The maximum atomic E-state index is 15.1. The van der Waals surface area contributed by atoms with E-state index in [1.807, 2.05) is 49.4 Å². The molecule has 1 N–H and O–H groups in total. The Hall–Kier alpha value is -3.62. The largest absolute Gasteiger partial charge is 0.458 e. The minimum Gasteiger partial charge on any atom is -0.458 e. The standard InChI is InChI=1S/C45H68O13/c1-16-29(2)28-30(3)25-26-32(46)52-34-33(53-42(13,14)51-15)43(27-21-20-24-31-22-18-17-19-23-31)54-35(36(47)55-39(4,5)6)44(50,37(48)56-40(7,8)9)45(34,58-43)38(49)57-41(10,11)12/h17-20,22-26,29-30,33-35,50H,16,21,27-28H2,1-15H3/b24-20+,26-25+/t29?,30?,33-,34-,35-,43-,44-,45-/m1/s1. The molecule has 2 aliphatic rings. The van der Waals surface area contributed by atoms with Crippen LogP contribution in [0.25, 0.3) is 6.08 Å². The first kappa shape index (κ1) is 48.7. The number of rotatable bonds is 16.